The third-order valence-corrected chi connectivity index (χ3v) is 1.44. The molecule has 0 amide bonds. The predicted octanol–water partition coefficient (Wildman–Crippen LogP) is 2.34. The van der Waals surface area contributed by atoms with E-state index in [4.69, 9.17) is 11.7 Å². The van der Waals surface area contributed by atoms with Gasteiger partial charge in [-0.3, -0.25) is 0 Å². The van der Waals surface area contributed by atoms with Crippen LogP contribution in [-0.2, 0) is 4.79 Å². The van der Waals surface area contributed by atoms with Crippen molar-refractivity contribution in [3.63, 3.8) is 0 Å². The molecule has 0 bridgehead atoms. The van der Waals surface area contributed by atoms with E-state index in [-0.39, 0.29) is 0 Å². The second kappa shape index (κ2) is 4.07. The third kappa shape index (κ3) is 2.80. The lowest BCUT2D eigenvalue weighted by Crippen LogP contribution is -1.85. The van der Waals surface area contributed by atoms with Crippen LogP contribution in [0.3, 0.4) is 0 Å². The fraction of sp³-hybridized carbons (Fsp3) is 0. The molecule has 0 aromatic heterocycles. The number of aliphatic carboxylic acids is 1. The average Bonchev–Trinajstić information content (AvgIpc) is 2.15. The van der Waals surface area contributed by atoms with Crippen LogP contribution in [-0.4, -0.2) is 11.1 Å². The van der Waals surface area contributed by atoms with Gasteiger partial charge in [0.05, 0.1) is 6.57 Å². The van der Waals surface area contributed by atoms with Gasteiger partial charge in [-0.05, 0) is 11.6 Å². The van der Waals surface area contributed by atoms with Crippen molar-refractivity contribution < 1.29 is 9.90 Å². The first-order chi connectivity index (χ1) is 6.22. The minimum atomic E-state index is -0.978. The number of carbonyl (C=O) groups is 1. The smallest absolute Gasteiger partial charge is 0.328 e. The zero-order chi connectivity index (χ0) is 9.68. The van der Waals surface area contributed by atoms with E-state index in [0.29, 0.717) is 5.69 Å². The quantitative estimate of drug-likeness (QED) is 0.550. The van der Waals surface area contributed by atoms with Crippen molar-refractivity contribution >= 4 is 17.7 Å². The van der Waals surface area contributed by atoms with Gasteiger partial charge in [-0.15, -0.1) is 0 Å². The third-order valence-electron chi connectivity index (χ3n) is 1.44. The van der Waals surface area contributed by atoms with E-state index >= 15 is 0 Å². The molecule has 0 aliphatic heterocycles. The molecule has 3 heteroatoms. The molecule has 1 aromatic carbocycles. The summed E-state index contributed by atoms with van der Waals surface area (Å²) in [5.41, 5.74) is 1.32. The monoisotopic (exact) mass is 173 g/mol. The van der Waals surface area contributed by atoms with E-state index in [2.05, 4.69) is 4.85 Å². The first-order valence-electron chi connectivity index (χ1n) is 3.61. The molecule has 64 valence electrons. The number of rotatable bonds is 2. The number of nitrogens with zero attached hydrogens (tertiary/aromatic N) is 1. The van der Waals surface area contributed by atoms with Crippen LogP contribution in [0.25, 0.3) is 10.9 Å². The number of hydrogen-bond acceptors (Lipinski definition) is 1. The Balaban J connectivity index is 2.82. The molecule has 0 saturated heterocycles. The number of benzene rings is 1. The summed E-state index contributed by atoms with van der Waals surface area (Å²) in [5, 5.41) is 8.34. The van der Waals surface area contributed by atoms with Crippen molar-refractivity contribution in [3.8, 4) is 0 Å². The van der Waals surface area contributed by atoms with Crippen LogP contribution in [0.4, 0.5) is 5.69 Å². The van der Waals surface area contributed by atoms with E-state index in [9.17, 15) is 4.79 Å². The topological polar surface area (TPSA) is 41.7 Å². The maximum absolute atomic E-state index is 10.2. The van der Waals surface area contributed by atoms with Crippen LogP contribution >= 0.6 is 0 Å². The van der Waals surface area contributed by atoms with Crippen LogP contribution in [0, 0.1) is 6.57 Å². The van der Waals surface area contributed by atoms with Crippen LogP contribution in [0.15, 0.2) is 30.3 Å². The van der Waals surface area contributed by atoms with Gasteiger partial charge in [0.25, 0.3) is 0 Å². The zero-order valence-corrected chi connectivity index (χ0v) is 6.77. The van der Waals surface area contributed by atoms with E-state index < -0.39 is 5.97 Å². The predicted molar refractivity (Wildman–Crippen MR) is 49.4 cm³/mol. The lowest BCUT2D eigenvalue weighted by atomic mass is 10.2. The lowest BCUT2D eigenvalue weighted by molar-refractivity contribution is -0.131. The second-order valence-electron chi connectivity index (χ2n) is 2.37. The molecule has 13 heavy (non-hydrogen) atoms. The molecule has 0 atom stereocenters. The molecular weight excluding hydrogens is 166 g/mol. The van der Waals surface area contributed by atoms with Crippen molar-refractivity contribution in [3.05, 3.63) is 47.3 Å². The van der Waals surface area contributed by atoms with Gasteiger partial charge in [0.2, 0.25) is 0 Å². The Morgan fingerprint density at radius 3 is 2.46 bits per heavy atom. The van der Waals surface area contributed by atoms with Gasteiger partial charge in [0.15, 0.2) is 5.69 Å². The van der Waals surface area contributed by atoms with Gasteiger partial charge in [-0.25, -0.2) is 9.64 Å². The van der Waals surface area contributed by atoms with E-state index in [1.54, 1.807) is 24.3 Å². The molecule has 0 heterocycles. The van der Waals surface area contributed by atoms with Crippen molar-refractivity contribution in [1.82, 2.24) is 0 Å². The highest BCUT2D eigenvalue weighted by atomic mass is 16.4. The molecule has 0 radical (unpaired) electrons. The fourth-order valence-corrected chi connectivity index (χ4v) is 0.827. The van der Waals surface area contributed by atoms with Crippen molar-refractivity contribution in [2.45, 2.75) is 0 Å². The normalized spacial score (nSPS) is 9.77. The average molecular weight is 173 g/mol. The van der Waals surface area contributed by atoms with Gasteiger partial charge < -0.3 is 5.11 Å². The Morgan fingerprint density at radius 1 is 1.38 bits per heavy atom. The summed E-state index contributed by atoms with van der Waals surface area (Å²) < 4.78 is 0. The number of carboxylic acids is 1. The summed E-state index contributed by atoms with van der Waals surface area (Å²) in [6.45, 7) is 6.70. The highest BCUT2D eigenvalue weighted by molar-refractivity contribution is 5.85. The van der Waals surface area contributed by atoms with Gasteiger partial charge in [0.1, 0.15) is 0 Å². The van der Waals surface area contributed by atoms with Crippen LogP contribution in [0.1, 0.15) is 5.56 Å². The highest BCUT2D eigenvalue weighted by Crippen LogP contribution is 2.13. The SMILES string of the molecule is [C-]#[N+]c1ccc(/C=C/C(=O)O)cc1. The van der Waals surface area contributed by atoms with Gasteiger partial charge in [0, 0.05) is 6.08 Å². The maximum Gasteiger partial charge on any atom is 0.328 e. The van der Waals surface area contributed by atoms with Crippen LogP contribution in [0.5, 0.6) is 0 Å². The first-order valence-corrected chi connectivity index (χ1v) is 3.61. The molecule has 0 saturated carbocycles. The zero-order valence-electron chi connectivity index (χ0n) is 6.77. The second-order valence-corrected chi connectivity index (χ2v) is 2.37. The molecule has 0 spiro atoms. The van der Waals surface area contributed by atoms with Crippen molar-refractivity contribution in [1.29, 1.82) is 0 Å². The van der Waals surface area contributed by atoms with E-state index in [1.807, 2.05) is 0 Å². The molecule has 0 fully saturated rings. The van der Waals surface area contributed by atoms with Gasteiger partial charge in [-0.1, -0.05) is 24.3 Å². The molecule has 3 nitrogen and oxygen atoms in total. The Bertz CT molecular complexity index is 371. The lowest BCUT2D eigenvalue weighted by Gasteiger charge is -1.91. The minimum absolute atomic E-state index is 0.549. The minimum Gasteiger partial charge on any atom is -0.478 e. The largest absolute Gasteiger partial charge is 0.478 e. The van der Waals surface area contributed by atoms with Crippen LogP contribution in [0.2, 0.25) is 0 Å². The molecule has 1 rings (SSSR count). The maximum atomic E-state index is 10.2. The Labute approximate surface area is 75.8 Å². The Kier molecular flexibility index (Phi) is 2.82. The summed E-state index contributed by atoms with van der Waals surface area (Å²) in [6.07, 6.45) is 2.54. The summed E-state index contributed by atoms with van der Waals surface area (Å²) in [4.78, 5) is 13.4. The molecule has 0 aliphatic rings. The summed E-state index contributed by atoms with van der Waals surface area (Å²) in [7, 11) is 0. The van der Waals surface area contributed by atoms with Crippen LogP contribution < -0.4 is 0 Å². The van der Waals surface area contributed by atoms with Crippen molar-refractivity contribution in [2.75, 3.05) is 0 Å². The molecule has 0 unspecified atom stereocenters. The standard InChI is InChI=1S/C10H7NO2/c1-11-9-5-2-8(3-6-9)4-7-10(12)13/h2-7H,(H,12,13)/b7-4+. The molecule has 0 aliphatic carbocycles. The summed E-state index contributed by atoms with van der Waals surface area (Å²) >= 11 is 0. The van der Waals surface area contributed by atoms with E-state index in [0.717, 1.165) is 11.6 Å². The van der Waals surface area contributed by atoms with E-state index in [1.165, 1.54) is 6.08 Å². The first kappa shape index (κ1) is 9.01. The Hall–Kier alpha value is -2.08. The van der Waals surface area contributed by atoms with Gasteiger partial charge >= 0.3 is 5.97 Å². The molecule has 1 N–H and O–H groups in total. The summed E-state index contributed by atoms with van der Waals surface area (Å²) in [6, 6.07) is 6.70. The summed E-state index contributed by atoms with van der Waals surface area (Å²) in [5.74, 6) is -0.978. The van der Waals surface area contributed by atoms with Crippen molar-refractivity contribution in [2.24, 2.45) is 0 Å². The fourth-order valence-electron chi connectivity index (χ4n) is 0.827. The molecule has 1 aromatic rings. The highest BCUT2D eigenvalue weighted by Gasteiger charge is 1.90. The number of carboxylic acid groups (broad SMARTS) is 1. The Morgan fingerprint density at radius 2 is 2.00 bits per heavy atom. The van der Waals surface area contributed by atoms with Gasteiger partial charge in [-0.2, -0.15) is 0 Å². The molecular formula is C10H7NO2. The number of hydrogen-bond donors (Lipinski definition) is 1.